The van der Waals surface area contributed by atoms with E-state index in [1.807, 2.05) is 29.2 Å². The minimum Gasteiger partial charge on any atom is -0.368 e. The van der Waals surface area contributed by atoms with E-state index in [2.05, 4.69) is 4.90 Å². The Balaban J connectivity index is 1.73. The third-order valence-electron chi connectivity index (χ3n) is 4.13. The summed E-state index contributed by atoms with van der Waals surface area (Å²) < 4.78 is 0. The van der Waals surface area contributed by atoms with Crippen molar-refractivity contribution >= 4 is 17.4 Å². The number of carbonyl (C=O) groups excluding carboxylic acids is 2. The predicted molar refractivity (Wildman–Crippen MR) is 73.4 cm³/mol. The number of nitrogens with zero attached hydrogens (tertiary/aromatic N) is 2. The van der Waals surface area contributed by atoms with E-state index in [9.17, 15) is 9.59 Å². The number of anilines is 1. The van der Waals surface area contributed by atoms with Crippen molar-refractivity contribution in [1.82, 2.24) is 4.90 Å². The molecule has 4 heteroatoms. The molecule has 0 aromatic heterocycles. The molecule has 1 unspecified atom stereocenters. The van der Waals surface area contributed by atoms with Gasteiger partial charge in [0, 0.05) is 43.3 Å². The Labute approximate surface area is 113 Å². The predicted octanol–water partition coefficient (Wildman–Crippen LogP) is 1.70. The van der Waals surface area contributed by atoms with Crippen LogP contribution >= 0.6 is 0 Å². The zero-order chi connectivity index (χ0) is 13.4. The van der Waals surface area contributed by atoms with Crippen LogP contribution in [0, 0.1) is 0 Å². The molecular formula is C15H18N2O2. The summed E-state index contributed by atoms with van der Waals surface area (Å²) in [6.45, 7) is 4.18. The molecule has 0 aliphatic carbocycles. The second-order valence-corrected chi connectivity index (χ2v) is 5.33. The monoisotopic (exact) mass is 258 g/mol. The number of fused-ring (bicyclic) bond motifs is 1. The maximum Gasteiger partial charge on any atom is 0.223 e. The van der Waals surface area contributed by atoms with Crippen LogP contribution in [0.2, 0.25) is 0 Å². The van der Waals surface area contributed by atoms with Crippen molar-refractivity contribution in [3.63, 3.8) is 0 Å². The topological polar surface area (TPSA) is 40.6 Å². The van der Waals surface area contributed by atoms with Crippen LogP contribution in [0.3, 0.4) is 0 Å². The fourth-order valence-corrected chi connectivity index (χ4v) is 3.01. The molecule has 1 aromatic rings. The summed E-state index contributed by atoms with van der Waals surface area (Å²) >= 11 is 0. The minimum atomic E-state index is 0.0951. The van der Waals surface area contributed by atoms with Gasteiger partial charge in [-0.1, -0.05) is 0 Å². The van der Waals surface area contributed by atoms with Gasteiger partial charge in [-0.15, -0.1) is 0 Å². The molecule has 1 amide bonds. The lowest BCUT2D eigenvalue weighted by Gasteiger charge is -2.38. The number of amides is 1. The number of Topliss-reactive ketones (excluding diaryl/α,β-unsaturated/α-hetero) is 1. The highest BCUT2D eigenvalue weighted by Crippen LogP contribution is 2.26. The van der Waals surface area contributed by atoms with Crippen LogP contribution in [0.1, 0.15) is 30.1 Å². The van der Waals surface area contributed by atoms with Crippen LogP contribution < -0.4 is 4.90 Å². The Morgan fingerprint density at radius 1 is 1.21 bits per heavy atom. The van der Waals surface area contributed by atoms with Gasteiger partial charge in [0.05, 0.1) is 0 Å². The molecule has 0 bridgehead atoms. The van der Waals surface area contributed by atoms with Gasteiger partial charge in [-0.3, -0.25) is 9.59 Å². The van der Waals surface area contributed by atoms with E-state index in [0.717, 1.165) is 37.3 Å². The number of carbonyl (C=O) groups is 2. The molecule has 100 valence electrons. The largest absolute Gasteiger partial charge is 0.368 e. The smallest absolute Gasteiger partial charge is 0.223 e. The molecule has 3 rings (SSSR count). The van der Waals surface area contributed by atoms with Crippen molar-refractivity contribution in [1.29, 1.82) is 0 Å². The maximum absolute atomic E-state index is 11.6. The van der Waals surface area contributed by atoms with Crippen molar-refractivity contribution in [2.45, 2.75) is 25.8 Å². The summed E-state index contributed by atoms with van der Waals surface area (Å²) in [6, 6.07) is 8.13. The lowest BCUT2D eigenvalue weighted by atomic mass is 10.1. The third kappa shape index (κ3) is 2.23. The van der Waals surface area contributed by atoms with Crippen LogP contribution in [-0.4, -0.2) is 42.3 Å². The first-order chi connectivity index (χ1) is 9.15. The van der Waals surface area contributed by atoms with Gasteiger partial charge in [-0.05, 0) is 37.6 Å². The van der Waals surface area contributed by atoms with Gasteiger partial charge in [-0.25, -0.2) is 0 Å². The van der Waals surface area contributed by atoms with Gasteiger partial charge >= 0.3 is 0 Å². The fraction of sp³-hybridized carbons (Fsp3) is 0.467. The SMILES string of the molecule is CC(=O)c1ccc(N2CCN3C(=O)CCC3C2)cc1. The molecule has 2 aliphatic heterocycles. The van der Waals surface area contributed by atoms with E-state index in [-0.39, 0.29) is 5.78 Å². The highest BCUT2D eigenvalue weighted by atomic mass is 16.2. The minimum absolute atomic E-state index is 0.0951. The Morgan fingerprint density at radius 3 is 2.63 bits per heavy atom. The number of benzene rings is 1. The van der Waals surface area contributed by atoms with E-state index in [4.69, 9.17) is 0 Å². The molecule has 0 spiro atoms. The van der Waals surface area contributed by atoms with Crippen molar-refractivity contribution < 1.29 is 9.59 Å². The Hall–Kier alpha value is -1.84. The van der Waals surface area contributed by atoms with E-state index in [1.54, 1.807) is 6.92 Å². The molecule has 1 atom stereocenters. The molecular weight excluding hydrogens is 240 g/mol. The summed E-state index contributed by atoms with van der Waals surface area (Å²) in [4.78, 5) is 27.2. The molecule has 0 N–H and O–H groups in total. The quantitative estimate of drug-likeness (QED) is 0.758. The van der Waals surface area contributed by atoms with Gasteiger partial charge in [0.15, 0.2) is 5.78 Å². The Bertz CT molecular complexity index is 509. The van der Waals surface area contributed by atoms with Gasteiger partial charge in [0.1, 0.15) is 0 Å². The van der Waals surface area contributed by atoms with Crippen LogP contribution in [0.15, 0.2) is 24.3 Å². The van der Waals surface area contributed by atoms with Crippen LogP contribution in [0.25, 0.3) is 0 Å². The molecule has 2 aliphatic rings. The molecule has 4 nitrogen and oxygen atoms in total. The van der Waals surface area contributed by atoms with Crippen molar-refractivity contribution in [3.8, 4) is 0 Å². The van der Waals surface area contributed by atoms with E-state index >= 15 is 0 Å². The van der Waals surface area contributed by atoms with Crippen molar-refractivity contribution in [2.75, 3.05) is 24.5 Å². The highest BCUT2D eigenvalue weighted by molar-refractivity contribution is 5.94. The Morgan fingerprint density at radius 2 is 1.95 bits per heavy atom. The van der Waals surface area contributed by atoms with E-state index in [1.165, 1.54) is 0 Å². The zero-order valence-corrected chi connectivity index (χ0v) is 11.1. The summed E-state index contributed by atoms with van der Waals surface area (Å²) in [5.41, 5.74) is 1.89. The first kappa shape index (κ1) is 12.2. The van der Waals surface area contributed by atoms with Gasteiger partial charge in [0.25, 0.3) is 0 Å². The molecule has 0 radical (unpaired) electrons. The second-order valence-electron chi connectivity index (χ2n) is 5.33. The van der Waals surface area contributed by atoms with Crippen LogP contribution in [0.5, 0.6) is 0 Å². The molecule has 2 heterocycles. The fourth-order valence-electron chi connectivity index (χ4n) is 3.01. The summed E-state index contributed by atoms with van der Waals surface area (Å²) in [7, 11) is 0. The summed E-state index contributed by atoms with van der Waals surface area (Å²) in [5, 5.41) is 0. The van der Waals surface area contributed by atoms with Crippen molar-refractivity contribution in [3.05, 3.63) is 29.8 Å². The number of rotatable bonds is 2. The number of hydrogen-bond acceptors (Lipinski definition) is 3. The average Bonchev–Trinajstić information content (AvgIpc) is 2.80. The number of piperazine rings is 1. The number of hydrogen-bond donors (Lipinski definition) is 0. The van der Waals surface area contributed by atoms with E-state index < -0.39 is 0 Å². The molecule has 19 heavy (non-hydrogen) atoms. The van der Waals surface area contributed by atoms with Crippen molar-refractivity contribution in [2.24, 2.45) is 0 Å². The highest BCUT2D eigenvalue weighted by Gasteiger charge is 2.35. The van der Waals surface area contributed by atoms with Gasteiger partial charge < -0.3 is 9.80 Å². The van der Waals surface area contributed by atoms with E-state index in [0.29, 0.717) is 18.4 Å². The molecule has 0 saturated carbocycles. The normalized spacial score (nSPS) is 22.6. The third-order valence-corrected chi connectivity index (χ3v) is 4.13. The maximum atomic E-state index is 11.6. The zero-order valence-electron chi connectivity index (χ0n) is 11.1. The second kappa shape index (κ2) is 4.68. The lowest BCUT2D eigenvalue weighted by molar-refractivity contribution is -0.129. The first-order valence-corrected chi connectivity index (χ1v) is 6.80. The first-order valence-electron chi connectivity index (χ1n) is 6.80. The standard InChI is InChI=1S/C15H18N2O2/c1-11(18)12-2-4-13(5-3-12)16-8-9-17-14(10-16)6-7-15(17)19/h2-5,14H,6-10H2,1H3. The van der Waals surface area contributed by atoms with Crippen LogP contribution in [-0.2, 0) is 4.79 Å². The average molecular weight is 258 g/mol. The summed E-state index contributed by atoms with van der Waals surface area (Å²) in [6.07, 6.45) is 1.67. The van der Waals surface area contributed by atoms with Gasteiger partial charge in [0.2, 0.25) is 5.91 Å². The lowest BCUT2D eigenvalue weighted by Crippen LogP contribution is -2.51. The molecule has 1 aromatic carbocycles. The summed E-state index contributed by atoms with van der Waals surface area (Å²) in [5.74, 6) is 0.398. The van der Waals surface area contributed by atoms with Crippen LogP contribution in [0.4, 0.5) is 5.69 Å². The number of ketones is 1. The molecule has 2 saturated heterocycles. The molecule has 2 fully saturated rings. The van der Waals surface area contributed by atoms with Gasteiger partial charge in [-0.2, -0.15) is 0 Å². The Kier molecular flexibility index (Phi) is 3.01.